The van der Waals surface area contributed by atoms with E-state index in [1.54, 1.807) is 26.0 Å². The first-order valence-corrected chi connectivity index (χ1v) is 17.2. The smallest absolute Gasteiger partial charge is 0.434 e. The Bertz CT molecular complexity index is 2000. The van der Waals surface area contributed by atoms with E-state index < -0.39 is 40.9 Å². The third kappa shape index (κ3) is 7.99. The molecular formula is C34H37F3N6O7S. The van der Waals surface area contributed by atoms with E-state index in [9.17, 15) is 37.5 Å². The Hall–Kier alpha value is -5.03. The monoisotopic (exact) mass is 730 g/mol. The van der Waals surface area contributed by atoms with Crippen LogP contribution in [0.2, 0.25) is 0 Å². The SMILES string of the molecule is CCCCC1(Cc2[nH]c3ccc(-c4cnc(NC(=O)NCC)cc4-c4nc(C(F)(F)F)cs4)cc3c(=O)c2C(=O)OCC)COCCN1C(=O)O. The van der Waals surface area contributed by atoms with Crippen LogP contribution in [0.15, 0.2) is 40.6 Å². The lowest BCUT2D eigenvalue weighted by Crippen LogP contribution is -2.60. The summed E-state index contributed by atoms with van der Waals surface area (Å²) in [5, 5.41) is 16.2. The van der Waals surface area contributed by atoms with E-state index in [1.807, 2.05) is 6.92 Å². The number of hydrogen-bond donors (Lipinski definition) is 4. The van der Waals surface area contributed by atoms with Gasteiger partial charge in [-0.3, -0.25) is 15.0 Å². The Labute approximate surface area is 294 Å². The van der Waals surface area contributed by atoms with Gasteiger partial charge in [-0.2, -0.15) is 13.2 Å². The molecule has 4 heterocycles. The van der Waals surface area contributed by atoms with Gasteiger partial charge in [0.1, 0.15) is 16.4 Å². The number of H-pyrrole nitrogens is 1. The number of aromatic amines is 1. The van der Waals surface area contributed by atoms with Crippen LogP contribution in [0.25, 0.3) is 32.6 Å². The van der Waals surface area contributed by atoms with Crippen LogP contribution < -0.4 is 16.1 Å². The number of rotatable bonds is 11. The highest BCUT2D eigenvalue weighted by molar-refractivity contribution is 7.13. The normalized spacial score (nSPS) is 16.2. The molecule has 1 aliphatic heterocycles. The summed E-state index contributed by atoms with van der Waals surface area (Å²) in [4.78, 5) is 64.8. The number of unbranched alkanes of at least 4 members (excludes halogenated alkanes) is 1. The number of esters is 1. The van der Waals surface area contributed by atoms with E-state index in [0.717, 1.165) is 23.1 Å². The van der Waals surface area contributed by atoms with Gasteiger partial charge in [0.05, 0.1) is 25.4 Å². The first kappa shape index (κ1) is 37.2. The number of urea groups is 1. The molecule has 1 fully saturated rings. The summed E-state index contributed by atoms with van der Waals surface area (Å²) >= 11 is 0.748. The van der Waals surface area contributed by atoms with E-state index in [1.165, 1.54) is 23.2 Å². The van der Waals surface area contributed by atoms with E-state index in [0.29, 0.717) is 36.0 Å². The van der Waals surface area contributed by atoms with Crippen molar-refractivity contribution >= 4 is 46.2 Å². The average molecular weight is 731 g/mol. The number of pyridine rings is 2. The molecule has 5 rings (SSSR count). The molecule has 1 aromatic carbocycles. The van der Waals surface area contributed by atoms with Crippen molar-refractivity contribution in [3.05, 3.63) is 63.0 Å². The van der Waals surface area contributed by atoms with Crippen molar-refractivity contribution in [3.63, 3.8) is 0 Å². The van der Waals surface area contributed by atoms with Gasteiger partial charge in [0.15, 0.2) is 5.69 Å². The molecule has 4 N–H and O–H groups in total. The van der Waals surface area contributed by atoms with Gasteiger partial charge < -0.3 is 24.9 Å². The molecule has 17 heteroatoms. The van der Waals surface area contributed by atoms with Crippen LogP contribution in [-0.2, 0) is 22.1 Å². The molecule has 1 saturated heterocycles. The van der Waals surface area contributed by atoms with Gasteiger partial charge in [0.2, 0.25) is 5.43 Å². The van der Waals surface area contributed by atoms with Gasteiger partial charge in [-0.15, -0.1) is 11.3 Å². The van der Waals surface area contributed by atoms with Crippen molar-refractivity contribution in [2.45, 2.75) is 58.2 Å². The summed E-state index contributed by atoms with van der Waals surface area (Å²) in [5.74, 6) is -0.841. The summed E-state index contributed by atoms with van der Waals surface area (Å²) in [7, 11) is 0. The minimum absolute atomic E-state index is 0.00898. The molecule has 1 atom stereocenters. The number of anilines is 1. The molecule has 0 radical (unpaired) electrons. The Morgan fingerprint density at radius 2 is 1.96 bits per heavy atom. The largest absolute Gasteiger partial charge is 0.465 e. The molecule has 0 spiro atoms. The summed E-state index contributed by atoms with van der Waals surface area (Å²) < 4.78 is 51.6. The average Bonchev–Trinajstić information content (AvgIpc) is 3.59. The topological polar surface area (TPSA) is 176 Å². The third-order valence-electron chi connectivity index (χ3n) is 8.51. The number of carbonyl (C=O) groups is 3. The van der Waals surface area contributed by atoms with Crippen molar-refractivity contribution in [2.75, 3.05) is 38.2 Å². The number of carbonyl (C=O) groups excluding carboxylic acids is 2. The second kappa shape index (κ2) is 15.5. The molecule has 0 bridgehead atoms. The van der Waals surface area contributed by atoms with Crippen LogP contribution in [0.3, 0.4) is 0 Å². The molecule has 272 valence electrons. The fourth-order valence-corrected chi connectivity index (χ4v) is 7.00. The zero-order valence-electron chi connectivity index (χ0n) is 28.1. The predicted molar refractivity (Wildman–Crippen MR) is 184 cm³/mol. The quantitative estimate of drug-likeness (QED) is 0.125. The number of fused-ring (bicyclic) bond motifs is 1. The molecular weight excluding hydrogens is 693 g/mol. The van der Waals surface area contributed by atoms with Gasteiger partial charge in [-0.05, 0) is 44.0 Å². The Morgan fingerprint density at radius 1 is 1.18 bits per heavy atom. The molecule has 13 nitrogen and oxygen atoms in total. The lowest BCUT2D eigenvalue weighted by molar-refractivity contribution is -0.140. The van der Waals surface area contributed by atoms with E-state index >= 15 is 0 Å². The molecule has 4 aromatic rings. The molecule has 1 unspecified atom stereocenters. The number of carboxylic acid groups (broad SMARTS) is 1. The first-order chi connectivity index (χ1) is 24.3. The summed E-state index contributed by atoms with van der Waals surface area (Å²) in [6, 6.07) is 5.52. The van der Waals surface area contributed by atoms with Crippen LogP contribution in [0.5, 0.6) is 0 Å². The number of halogens is 3. The van der Waals surface area contributed by atoms with E-state index in [2.05, 4.69) is 25.6 Å². The van der Waals surface area contributed by atoms with Crippen molar-refractivity contribution in [3.8, 4) is 21.7 Å². The maximum absolute atomic E-state index is 14.2. The Morgan fingerprint density at radius 3 is 2.63 bits per heavy atom. The number of aromatic nitrogens is 3. The molecule has 1 aliphatic rings. The number of amides is 3. The lowest BCUT2D eigenvalue weighted by atomic mass is 9.84. The standard InChI is InChI=1S/C34H37F3N6O7S/c1-4-7-10-33(18-49-12-11-43(33)32(47)48)15-24-27(30(45)50-6-3)28(44)21-13-19(8-9-23(21)40-24)22-16-39-26(42-31(46)38-5-2)14-20(22)29-41-25(17-51-29)34(35,36)37/h8-9,13-14,16-17H,4-7,10-12,15,18H2,1-3H3,(H,40,44)(H,47,48)(H2,38,39,42,46). The maximum Gasteiger partial charge on any atom is 0.434 e. The molecule has 51 heavy (non-hydrogen) atoms. The van der Waals surface area contributed by atoms with Crippen molar-refractivity contribution in [2.24, 2.45) is 0 Å². The van der Waals surface area contributed by atoms with Crippen molar-refractivity contribution in [1.82, 2.24) is 25.2 Å². The van der Waals surface area contributed by atoms with Gasteiger partial charge in [-0.1, -0.05) is 25.8 Å². The van der Waals surface area contributed by atoms with Gasteiger partial charge in [0.25, 0.3) is 0 Å². The van der Waals surface area contributed by atoms with E-state index in [-0.39, 0.29) is 65.8 Å². The van der Waals surface area contributed by atoms with Crippen LogP contribution >= 0.6 is 11.3 Å². The highest BCUT2D eigenvalue weighted by Gasteiger charge is 2.44. The van der Waals surface area contributed by atoms with Gasteiger partial charge in [0, 0.05) is 58.8 Å². The van der Waals surface area contributed by atoms with Crippen LogP contribution in [0, 0.1) is 0 Å². The number of alkyl halides is 3. The summed E-state index contributed by atoms with van der Waals surface area (Å²) in [6.07, 6.45) is -2.65. The number of morpholine rings is 1. The molecule has 3 amide bonds. The van der Waals surface area contributed by atoms with Gasteiger partial charge in [-0.25, -0.2) is 24.4 Å². The predicted octanol–water partition coefficient (Wildman–Crippen LogP) is 6.53. The second-order valence-electron chi connectivity index (χ2n) is 11.9. The van der Waals surface area contributed by atoms with Crippen molar-refractivity contribution < 1.29 is 42.1 Å². The highest BCUT2D eigenvalue weighted by atomic mass is 32.1. The first-order valence-electron chi connectivity index (χ1n) is 16.3. The van der Waals surface area contributed by atoms with E-state index in [4.69, 9.17) is 9.47 Å². The minimum atomic E-state index is -4.69. The molecule has 0 aliphatic carbocycles. The summed E-state index contributed by atoms with van der Waals surface area (Å²) in [6.45, 7) is 5.97. The number of thiazole rings is 1. The number of benzene rings is 1. The third-order valence-corrected chi connectivity index (χ3v) is 9.39. The Balaban J connectivity index is 1.67. The zero-order chi connectivity index (χ0) is 36.9. The number of ether oxygens (including phenoxy) is 2. The second-order valence-corrected chi connectivity index (χ2v) is 12.8. The maximum atomic E-state index is 14.2. The highest BCUT2D eigenvalue weighted by Crippen LogP contribution is 2.39. The van der Waals surface area contributed by atoms with Crippen molar-refractivity contribution in [1.29, 1.82) is 0 Å². The fourth-order valence-electron chi connectivity index (χ4n) is 6.15. The van der Waals surface area contributed by atoms with Crippen LogP contribution in [-0.4, -0.2) is 81.5 Å². The molecule has 0 saturated carbocycles. The van der Waals surface area contributed by atoms with Gasteiger partial charge >= 0.3 is 24.3 Å². The molecule has 3 aromatic heterocycles. The number of hydrogen-bond acceptors (Lipinski definition) is 9. The Kier molecular flexibility index (Phi) is 11.3. The lowest BCUT2D eigenvalue weighted by Gasteiger charge is -2.45. The number of nitrogens with one attached hydrogen (secondary N) is 3. The number of nitrogens with zero attached hydrogens (tertiary/aromatic N) is 3. The zero-order valence-corrected chi connectivity index (χ0v) is 28.9. The van der Waals surface area contributed by atoms with Crippen LogP contribution in [0.1, 0.15) is 61.8 Å². The van der Waals surface area contributed by atoms with Crippen LogP contribution in [0.4, 0.5) is 28.6 Å². The summed E-state index contributed by atoms with van der Waals surface area (Å²) in [5.41, 5.74) is -1.73. The minimum Gasteiger partial charge on any atom is -0.465 e. The fraction of sp³-hybridized carbons (Fsp3) is 0.412.